The molecule has 0 aliphatic rings. The minimum absolute atomic E-state index is 0.0502. The molecule has 0 saturated carbocycles. The maximum absolute atomic E-state index is 12.8. The number of aryl methyl sites for hydroxylation is 2. The zero-order chi connectivity index (χ0) is 25.4. The second kappa shape index (κ2) is 9.38. The van der Waals surface area contributed by atoms with Gasteiger partial charge in [-0.05, 0) is 58.1 Å². The number of phenolic OH excluding ortho intramolecular Hbond substituents is 2. The fourth-order valence-electron chi connectivity index (χ4n) is 4.21. The van der Waals surface area contributed by atoms with Gasteiger partial charge >= 0.3 is 5.97 Å². The number of aromatic hydroxyl groups is 2. The number of benzene rings is 2. The van der Waals surface area contributed by atoms with Crippen molar-refractivity contribution in [2.75, 3.05) is 13.2 Å². The molecule has 0 amide bonds. The van der Waals surface area contributed by atoms with Gasteiger partial charge in [-0.2, -0.15) is 0 Å². The lowest BCUT2D eigenvalue weighted by Crippen LogP contribution is -2.30. The maximum atomic E-state index is 12.8. The molecule has 5 nitrogen and oxygen atoms in total. The van der Waals surface area contributed by atoms with Crippen LogP contribution in [0.25, 0.3) is 0 Å². The van der Waals surface area contributed by atoms with Gasteiger partial charge in [0.05, 0.1) is 13.0 Å². The number of hydrogen-bond donors (Lipinski definition) is 3. The molecule has 0 unspecified atom stereocenters. The van der Waals surface area contributed by atoms with Gasteiger partial charge in [0.1, 0.15) is 18.1 Å². The molecule has 2 aromatic carbocycles. The monoisotopic (exact) mass is 456 g/mol. The summed E-state index contributed by atoms with van der Waals surface area (Å²) in [6.07, 6.45) is 0.0502. The van der Waals surface area contributed by atoms with Crippen LogP contribution >= 0.6 is 0 Å². The largest absolute Gasteiger partial charge is 0.507 e. The van der Waals surface area contributed by atoms with Crippen molar-refractivity contribution in [1.82, 2.24) is 0 Å². The normalized spacial score (nSPS) is 12.7. The highest BCUT2D eigenvalue weighted by molar-refractivity contribution is 5.73. The van der Waals surface area contributed by atoms with E-state index in [1.54, 1.807) is 0 Å². The van der Waals surface area contributed by atoms with Crippen LogP contribution in [0.4, 0.5) is 0 Å². The third-order valence-corrected chi connectivity index (χ3v) is 6.34. The Morgan fingerprint density at radius 3 is 1.52 bits per heavy atom. The number of rotatable bonds is 6. The Morgan fingerprint density at radius 2 is 1.18 bits per heavy atom. The van der Waals surface area contributed by atoms with E-state index in [1.807, 2.05) is 86.6 Å². The van der Waals surface area contributed by atoms with Gasteiger partial charge in [0.25, 0.3) is 0 Å². The first-order valence-electron chi connectivity index (χ1n) is 11.5. The highest BCUT2D eigenvalue weighted by atomic mass is 16.5. The number of phenols is 2. The Morgan fingerprint density at radius 1 is 0.788 bits per heavy atom. The van der Waals surface area contributed by atoms with Crippen LogP contribution in [0.3, 0.4) is 0 Å². The van der Waals surface area contributed by atoms with Crippen LogP contribution in [0.15, 0.2) is 24.3 Å². The molecule has 0 atom stereocenters. The Hall–Kier alpha value is -2.53. The van der Waals surface area contributed by atoms with E-state index in [9.17, 15) is 15.0 Å². The Balaban J connectivity index is 2.84. The van der Waals surface area contributed by atoms with E-state index in [0.717, 1.165) is 33.4 Å². The summed E-state index contributed by atoms with van der Waals surface area (Å²) in [5, 5.41) is 30.6. The summed E-state index contributed by atoms with van der Waals surface area (Å²) in [5.74, 6) is 0.0973. The van der Waals surface area contributed by atoms with Gasteiger partial charge in [0.15, 0.2) is 0 Å². The molecular weight excluding hydrogens is 416 g/mol. The standard InChI is InChI=1S/C28H40O5/c1-17-12-19(14-21(24(17)31)26(3,4)5)28(9,16-23(30)33-11-10-29)20-13-18(2)25(32)22(15-20)27(6,7)8/h12-15,29,31-32H,10-11,16H2,1-9H3. The number of aliphatic hydroxyl groups is 1. The van der Waals surface area contributed by atoms with Gasteiger partial charge in [-0.3, -0.25) is 4.79 Å². The number of carbonyl (C=O) groups is 1. The van der Waals surface area contributed by atoms with Gasteiger partial charge in [-0.25, -0.2) is 0 Å². The van der Waals surface area contributed by atoms with Crippen LogP contribution < -0.4 is 0 Å². The van der Waals surface area contributed by atoms with Crippen LogP contribution in [-0.4, -0.2) is 34.5 Å². The molecule has 0 saturated heterocycles. The molecule has 0 fully saturated rings. The number of esters is 1. The van der Waals surface area contributed by atoms with Gasteiger partial charge in [-0.15, -0.1) is 0 Å². The van der Waals surface area contributed by atoms with Gasteiger partial charge in [0, 0.05) is 5.41 Å². The van der Waals surface area contributed by atoms with Crippen molar-refractivity contribution < 1.29 is 24.9 Å². The molecule has 0 heterocycles. The number of hydrogen-bond acceptors (Lipinski definition) is 5. The zero-order valence-electron chi connectivity index (χ0n) is 21.6. The molecule has 0 radical (unpaired) electrons. The van der Waals surface area contributed by atoms with E-state index in [0.29, 0.717) is 0 Å². The van der Waals surface area contributed by atoms with E-state index >= 15 is 0 Å². The third-order valence-electron chi connectivity index (χ3n) is 6.34. The van der Waals surface area contributed by atoms with Gasteiger partial charge in [0.2, 0.25) is 0 Å². The lowest BCUT2D eigenvalue weighted by atomic mass is 9.69. The van der Waals surface area contributed by atoms with E-state index in [4.69, 9.17) is 9.84 Å². The molecule has 5 heteroatoms. The Labute approximate surface area is 198 Å². The van der Waals surface area contributed by atoms with Crippen molar-refractivity contribution in [3.05, 3.63) is 57.6 Å². The predicted octanol–water partition coefficient (Wildman–Crippen LogP) is 5.54. The van der Waals surface area contributed by atoms with E-state index in [-0.39, 0.29) is 42.0 Å². The average molecular weight is 457 g/mol. The first kappa shape index (κ1) is 26.7. The lowest BCUT2D eigenvalue weighted by molar-refractivity contribution is -0.145. The van der Waals surface area contributed by atoms with Crippen molar-refractivity contribution in [3.63, 3.8) is 0 Å². The first-order chi connectivity index (χ1) is 15.0. The van der Waals surface area contributed by atoms with E-state index < -0.39 is 11.4 Å². The van der Waals surface area contributed by atoms with Gasteiger partial charge < -0.3 is 20.1 Å². The lowest BCUT2D eigenvalue weighted by Gasteiger charge is -2.34. The smallest absolute Gasteiger partial charge is 0.307 e. The van der Waals surface area contributed by atoms with Gasteiger partial charge in [-0.1, -0.05) is 72.7 Å². The number of aliphatic hydroxyl groups excluding tert-OH is 1. The van der Waals surface area contributed by atoms with Crippen LogP contribution in [0.1, 0.15) is 88.3 Å². The fraction of sp³-hybridized carbons (Fsp3) is 0.536. The van der Waals surface area contributed by atoms with Crippen LogP contribution in [0.5, 0.6) is 11.5 Å². The summed E-state index contributed by atoms with van der Waals surface area (Å²) in [5.41, 5.74) is 3.46. The fourth-order valence-corrected chi connectivity index (χ4v) is 4.21. The molecule has 2 rings (SSSR count). The summed E-state index contributed by atoms with van der Waals surface area (Å²) < 4.78 is 5.25. The SMILES string of the molecule is Cc1cc(C(C)(CC(=O)OCCO)c2cc(C)c(O)c(C(C)(C)C)c2)cc(C(C)(C)C)c1O. The highest BCUT2D eigenvalue weighted by Crippen LogP contribution is 2.44. The van der Waals surface area contributed by atoms with E-state index in [1.165, 1.54) is 0 Å². The van der Waals surface area contributed by atoms with Crippen molar-refractivity contribution in [2.45, 2.75) is 85.0 Å². The molecule has 0 aromatic heterocycles. The number of carbonyl (C=O) groups excluding carboxylic acids is 1. The van der Waals surface area contributed by atoms with Crippen molar-refractivity contribution in [3.8, 4) is 11.5 Å². The quantitative estimate of drug-likeness (QED) is 0.497. The molecule has 33 heavy (non-hydrogen) atoms. The second-order valence-electron chi connectivity index (χ2n) is 11.3. The minimum Gasteiger partial charge on any atom is -0.507 e. The summed E-state index contributed by atoms with van der Waals surface area (Å²) in [6.45, 7) is 17.7. The highest BCUT2D eigenvalue weighted by Gasteiger charge is 2.36. The average Bonchev–Trinajstić information content (AvgIpc) is 2.68. The van der Waals surface area contributed by atoms with Crippen molar-refractivity contribution in [2.24, 2.45) is 0 Å². The summed E-state index contributed by atoms with van der Waals surface area (Å²) in [7, 11) is 0. The Kier molecular flexibility index (Phi) is 7.59. The minimum atomic E-state index is -0.788. The summed E-state index contributed by atoms with van der Waals surface area (Å²) >= 11 is 0. The topological polar surface area (TPSA) is 87.0 Å². The molecule has 0 aliphatic heterocycles. The maximum Gasteiger partial charge on any atom is 0.307 e. The molecule has 0 aliphatic carbocycles. The molecule has 0 spiro atoms. The number of ether oxygens (including phenoxy) is 1. The van der Waals surface area contributed by atoms with Crippen LogP contribution in [0.2, 0.25) is 0 Å². The van der Waals surface area contributed by atoms with E-state index in [2.05, 4.69) is 0 Å². The molecule has 3 N–H and O–H groups in total. The summed E-state index contributed by atoms with van der Waals surface area (Å²) in [6, 6.07) is 7.78. The molecular formula is C28H40O5. The Bertz CT molecular complexity index is 953. The predicted molar refractivity (Wildman–Crippen MR) is 132 cm³/mol. The van der Waals surface area contributed by atoms with Crippen LogP contribution in [-0.2, 0) is 25.8 Å². The molecule has 0 bridgehead atoms. The molecule has 182 valence electrons. The van der Waals surface area contributed by atoms with Crippen molar-refractivity contribution >= 4 is 5.97 Å². The second-order valence-corrected chi connectivity index (χ2v) is 11.3. The summed E-state index contributed by atoms with van der Waals surface area (Å²) in [4.78, 5) is 12.8. The third kappa shape index (κ3) is 5.70. The van der Waals surface area contributed by atoms with Crippen molar-refractivity contribution in [1.29, 1.82) is 0 Å². The first-order valence-corrected chi connectivity index (χ1v) is 11.5. The van der Waals surface area contributed by atoms with Crippen LogP contribution in [0, 0.1) is 13.8 Å². The zero-order valence-corrected chi connectivity index (χ0v) is 21.6. The molecule has 2 aromatic rings.